The van der Waals surface area contributed by atoms with Crippen molar-refractivity contribution in [2.75, 3.05) is 0 Å². The average Bonchev–Trinajstić information content (AvgIpc) is 2.81. The molecule has 2 aromatic rings. The van der Waals surface area contributed by atoms with Gasteiger partial charge in [0.2, 0.25) is 11.6 Å². The molecule has 4 rings (SSSR count). The fourth-order valence-corrected chi connectivity index (χ4v) is 2.99. The monoisotopic (exact) mass is 246 g/mol. The van der Waals surface area contributed by atoms with Crippen molar-refractivity contribution in [1.29, 1.82) is 0 Å². The number of carbonyl (C=O) groups is 2. The van der Waals surface area contributed by atoms with Gasteiger partial charge in [-0.25, -0.2) is 0 Å². The fourth-order valence-electron chi connectivity index (χ4n) is 2.99. The molecule has 0 saturated heterocycles. The maximum Gasteiger partial charge on any atom is 0.233 e. The van der Waals surface area contributed by atoms with Crippen molar-refractivity contribution >= 4 is 17.6 Å². The summed E-state index contributed by atoms with van der Waals surface area (Å²) in [6.45, 7) is 0. The number of benzene rings is 2. The zero-order valence-corrected chi connectivity index (χ0v) is 10.1. The lowest BCUT2D eigenvalue weighted by Gasteiger charge is -2.13. The van der Waals surface area contributed by atoms with Gasteiger partial charge in [0, 0.05) is 5.56 Å². The smallest absolute Gasteiger partial charge is 0.233 e. The summed E-state index contributed by atoms with van der Waals surface area (Å²) in [5.74, 6) is -0.830. The van der Waals surface area contributed by atoms with Gasteiger partial charge < -0.3 is 0 Å². The summed E-state index contributed by atoms with van der Waals surface area (Å²) in [7, 11) is 0. The predicted octanol–water partition coefficient (Wildman–Crippen LogP) is 3.04. The fraction of sp³-hybridized carbons (Fsp3) is 0.0588. The van der Waals surface area contributed by atoms with Crippen LogP contribution in [0.2, 0.25) is 0 Å². The van der Waals surface area contributed by atoms with E-state index in [1.165, 1.54) is 22.8 Å². The van der Waals surface area contributed by atoms with Gasteiger partial charge in [0.15, 0.2) is 0 Å². The molecular formula is C17H10O2. The van der Waals surface area contributed by atoms with Crippen LogP contribution < -0.4 is 0 Å². The number of carbonyl (C=O) groups excluding carboxylic acids is 2. The van der Waals surface area contributed by atoms with Crippen molar-refractivity contribution in [3.8, 4) is 11.1 Å². The van der Waals surface area contributed by atoms with Gasteiger partial charge in [-0.05, 0) is 52.5 Å². The number of ketones is 2. The predicted molar refractivity (Wildman–Crippen MR) is 73.1 cm³/mol. The summed E-state index contributed by atoms with van der Waals surface area (Å²) < 4.78 is 0. The van der Waals surface area contributed by atoms with Gasteiger partial charge in [-0.2, -0.15) is 0 Å². The molecule has 0 spiro atoms. The minimum atomic E-state index is -0.432. The van der Waals surface area contributed by atoms with Gasteiger partial charge in [0.1, 0.15) is 0 Å². The average molecular weight is 246 g/mol. The Bertz CT molecular complexity index is 782. The van der Waals surface area contributed by atoms with E-state index in [1.54, 1.807) is 12.1 Å². The van der Waals surface area contributed by atoms with Crippen LogP contribution in [-0.2, 0) is 11.2 Å². The molecule has 0 saturated carbocycles. The summed E-state index contributed by atoms with van der Waals surface area (Å²) in [6.07, 6.45) is 4.06. The third kappa shape index (κ3) is 1.31. The van der Waals surface area contributed by atoms with E-state index in [1.807, 2.05) is 18.2 Å². The number of fused-ring (bicyclic) bond motifs is 5. The Morgan fingerprint density at radius 1 is 0.789 bits per heavy atom. The first kappa shape index (κ1) is 10.4. The molecule has 2 aliphatic carbocycles. The number of allylic oxidation sites excluding steroid dienone is 1. The van der Waals surface area contributed by atoms with Crippen molar-refractivity contribution in [2.45, 2.75) is 6.42 Å². The van der Waals surface area contributed by atoms with Crippen LogP contribution in [0.4, 0.5) is 0 Å². The Morgan fingerprint density at radius 2 is 1.63 bits per heavy atom. The van der Waals surface area contributed by atoms with E-state index in [4.69, 9.17) is 0 Å². The van der Waals surface area contributed by atoms with Crippen LogP contribution in [0.15, 0.2) is 42.5 Å². The van der Waals surface area contributed by atoms with Gasteiger partial charge >= 0.3 is 0 Å². The lowest BCUT2D eigenvalue weighted by molar-refractivity contribution is -0.110. The van der Waals surface area contributed by atoms with E-state index in [2.05, 4.69) is 12.1 Å². The van der Waals surface area contributed by atoms with Gasteiger partial charge in [0.05, 0.1) is 0 Å². The van der Waals surface area contributed by atoms with Gasteiger partial charge in [0.25, 0.3) is 0 Å². The second-order valence-corrected chi connectivity index (χ2v) is 4.92. The molecular weight excluding hydrogens is 236 g/mol. The third-order valence-electron chi connectivity index (χ3n) is 3.87. The van der Waals surface area contributed by atoms with Crippen LogP contribution in [0, 0.1) is 0 Å². The molecule has 2 heteroatoms. The van der Waals surface area contributed by atoms with Crippen LogP contribution >= 0.6 is 0 Å². The molecule has 0 unspecified atom stereocenters. The lowest BCUT2D eigenvalue weighted by Crippen LogP contribution is -2.16. The van der Waals surface area contributed by atoms with Crippen molar-refractivity contribution in [1.82, 2.24) is 0 Å². The van der Waals surface area contributed by atoms with E-state index in [-0.39, 0.29) is 0 Å². The zero-order chi connectivity index (χ0) is 13.0. The Balaban J connectivity index is 2.07. The van der Waals surface area contributed by atoms with Crippen molar-refractivity contribution in [2.24, 2.45) is 0 Å². The third-order valence-corrected chi connectivity index (χ3v) is 3.87. The van der Waals surface area contributed by atoms with Crippen LogP contribution in [0.25, 0.3) is 17.2 Å². The van der Waals surface area contributed by atoms with Gasteiger partial charge in [-0.1, -0.05) is 30.3 Å². The van der Waals surface area contributed by atoms with E-state index in [0.717, 1.165) is 17.5 Å². The lowest BCUT2D eigenvalue weighted by atomic mass is 9.88. The topological polar surface area (TPSA) is 34.1 Å². The molecule has 2 nitrogen and oxygen atoms in total. The van der Waals surface area contributed by atoms with Crippen LogP contribution in [0.1, 0.15) is 27.0 Å². The van der Waals surface area contributed by atoms with E-state index >= 15 is 0 Å². The highest BCUT2D eigenvalue weighted by atomic mass is 16.2. The maximum absolute atomic E-state index is 11.9. The zero-order valence-electron chi connectivity index (χ0n) is 10.1. The molecule has 0 N–H and O–H groups in total. The molecule has 90 valence electrons. The second kappa shape index (κ2) is 3.51. The Kier molecular flexibility index (Phi) is 1.93. The van der Waals surface area contributed by atoms with Crippen molar-refractivity contribution < 1.29 is 9.59 Å². The molecule has 2 aliphatic rings. The quantitative estimate of drug-likeness (QED) is 0.571. The minimum absolute atomic E-state index is 0.398. The highest BCUT2D eigenvalue weighted by Crippen LogP contribution is 2.41. The largest absolute Gasteiger partial charge is 0.286 e. The molecule has 0 bridgehead atoms. The van der Waals surface area contributed by atoms with Crippen molar-refractivity contribution in [3.63, 3.8) is 0 Å². The number of rotatable bonds is 0. The molecule has 0 radical (unpaired) electrons. The van der Waals surface area contributed by atoms with E-state index in [0.29, 0.717) is 5.56 Å². The summed E-state index contributed by atoms with van der Waals surface area (Å²) in [5, 5.41) is 0. The Hall–Kier alpha value is -2.48. The van der Waals surface area contributed by atoms with Crippen LogP contribution in [0.5, 0.6) is 0 Å². The normalized spacial score (nSPS) is 15.2. The Morgan fingerprint density at radius 3 is 2.53 bits per heavy atom. The summed E-state index contributed by atoms with van der Waals surface area (Å²) >= 11 is 0. The first-order chi connectivity index (χ1) is 9.25. The number of Topliss-reactive ketones (excluding diaryl/α,β-unsaturated/α-hetero) is 1. The minimum Gasteiger partial charge on any atom is -0.286 e. The molecule has 0 aliphatic heterocycles. The molecule has 0 atom stereocenters. The summed E-state index contributed by atoms with van der Waals surface area (Å²) in [5.41, 5.74) is 6.23. The van der Waals surface area contributed by atoms with Gasteiger partial charge in [-0.3, -0.25) is 9.59 Å². The molecule has 2 aromatic carbocycles. The second-order valence-electron chi connectivity index (χ2n) is 4.92. The number of hydrogen-bond acceptors (Lipinski definition) is 2. The van der Waals surface area contributed by atoms with E-state index < -0.39 is 11.6 Å². The Labute approximate surface area is 110 Å². The standard InChI is InChI=1S/C17H10O2/c18-15-8-7-13-14(17(15)19)6-5-11-9-10-3-1-2-4-12(10)16(11)13/h1-8H,9H2. The SMILES string of the molecule is O=C1C=Cc2c(ccc3c2-c2ccccc2C3)C1=O. The number of hydrogen-bond donors (Lipinski definition) is 0. The highest BCUT2D eigenvalue weighted by Gasteiger charge is 2.28. The van der Waals surface area contributed by atoms with Crippen LogP contribution in [0.3, 0.4) is 0 Å². The van der Waals surface area contributed by atoms with Gasteiger partial charge in [-0.15, -0.1) is 0 Å². The maximum atomic E-state index is 11.9. The highest BCUT2D eigenvalue weighted by molar-refractivity contribution is 6.50. The van der Waals surface area contributed by atoms with Crippen molar-refractivity contribution in [3.05, 3.63) is 64.7 Å². The first-order valence-electron chi connectivity index (χ1n) is 6.26. The summed E-state index contributed by atoms with van der Waals surface area (Å²) in [6, 6.07) is 12.0. The molecule has 0 fully saturated rings. The molecule has 0 aromatic heterocycles. The first-order valence-corrected chi connectivity index (χ1v) is 6.26. The van der Waals surface area contributed by atoms with Crippen LogP contribution in [-0.4, -0.2) is 11.6 Å². The van der Waals surface area contributed by atoms with E-state index in [9.17, 15) is 9.59 Å². The molecule has 19 heavy (non-hydrogen) atoms. The molecule has 0 heterocycles. The molecule has 0 amide bonds. The summed E-state index contributed by atoms with van der Waals surface area (Å²) in [4.78, 5) is 23.4.